The van der Waals surface area contributed by atoms with Crippen molar-refractivity contribution < 1.29 is 9.53 Å². The fourth-order valence-electron chi connectivity index (χ4n) is 1.46. The van der Waals surface area contributed by atoms with Crippen LogP contribution in [0.1, 0.15) is 39.0 Å². The summed E-state index contributed by atoms with van der Waals surface area (Å²) in [6, 6.07) is 0. The zero-order valence-electron chi connectivity index (χ0n) is 9.42. The Hall–Kier alpha value is -0.810. The Bertz CT molecular complexity index is 188. The monoisotopic (exact) mass is 215 g/mol. The molecule has 0 aromatic rings. The number of unbranched alkanes of at least 4 members (excludes halogenated alkanes) is 4. The Morgan fingerprint density at radius 1 is 1.33 bits per heavy atom. The minimum absolute atomic E-state index is 0.298. The first kappa shape index (κ1) is 12.3. The van der Waals surface area contributed by atoms with Gasteiger partial charge in [-0.25, -0.2) is 15.2 Å². The molecule has 1 aliphatic rings. The van der Waals surface area contributed by atoms with E-state index in [0.717, 1.165) is 13.0 Å². The van der Waals surface area contributed by atoms with Crippen molar-refractivity contribution in [2.24, 2.45) is 0 Å². The van der Waals surface area contributed by atoms with E-state index in [2.05, 4.69) is 17.9 Å². The van der Waals surface area contributed by atoms with E-state index in [0.29, 0.717) is 13.2 Å². The van der Waals surface area contributed by atoms with Crippen LogP contribution in [0, 0.1) is 0 Å². The average molecular weight is 215 g/mol. The van der Waals surface area contributed by atoms with Crippen LogP contribution < -0.4 is 11.0 Å². The number of hydrazine groups is 2. The molecule has 5 heteroatoms. The SMILES string of the molecule is CCCCCCCNNN1CCOC1=O. The van der Waals surface area contributed by atoms with Crippen LogP contribution in [-0.2, 0) is 4.74 Å². The molecule has 0 saturated carbocycles. The van der Waals surface area contributed by atoms with Crippen molar-refractivity contribution in [1.82, 2.24) is 16.0 Å². The highest BCUT2D eigenvalue weighted by Crippen LogP contribution is 2.01. The predicted molar refractivity (Wildman–Crippen MR) is 58.0 cm³/mol. The summed E-state index contributed by atoms with van der Waals surface area (Å²) in [6.07, 6.45) is 5.96. The summed E-state index contributed by atoms with van der Waals surface area (Å²) in [5, 5.41) is 1.45. The molecule has 5 nitrogen and oxygen atoms in total. The number of rotatable bonds is 8. The van der Waals surface area contributed by atoms with Crippen molar-refractivity contribution in [3.63, 3.8) is 0 Å². The average Bonchev–Trinajstić information content (AvgIpc) is 2.63. The number of nitrogens with zero attached hydrogens (tertiary/aromatic N) is 1. The van der Waals surface area contributed by atoms with Gasteiger partial charge in [-0.2, -0.15) is 5.53 Å². The van der Waals surface area contributed by atoms with Gasteiger partial charge in [0.15, 0.2) is 0 Å². The van der Waals surface area contributed by atoms with Gasteiger partial charge in [0.25, 0.3) is 0 Å². The molecule has 1 heterocycles. The first-order chi connectivity index (χ1) is 7.34. The molecule has 1 saturated heterocycles. The van der Waals surface area contributed by atoms with Gasteiger partial charge >= 0.3 is 6.09 Å². The summed E-state index contributed by atoms with van der Waals surface area (Å²) < 4.78 is 4.76. The van der Waals surface area contributed by atoms with Crippen molar-refractivity contribution in [3.05, 3.63) is 0 Å². The quantitative estimate of drug-likeness (QED) is 0.475. The second kappa shape index (κ2) is 7.48. The van der Waals surface area contributed by atoms with E-state index >= 15 is 0 Å². The molecule has 1 aliphatic heterocycles. The van der Waals surface area contributed by atoms with Crippen LogP contribution in [-0.4, -0.2) is 30.8 Å². The lowest BCUT2D eigenvalue weighted by Crippen LogP contribution is -2.47. The highest BCUT2D eigenvalue weighted by atomic mass is 16.6. The molecule has 1 fully saturated rings. The van der Waals surface area contributed by atoms with Crippen LogP contribution >= 0.6 is 0 Å². The Kier molecular flexibility index (Phi) is 6.11. The molecule has 0 aromatic heterocycles. The molecule has 0 unspecified atom stereocenters. The number of ether oxygens (including phenoxy) is 1. The van der Waals surface area contributed by atoms with E-state index < -0.39 is 0 Å². The van der Waals surface area contributed by atoms with E-state index in [-0.39, 0.29) is 6.09 Å². The van der Waals surface area contributed by atoms with E-state index in [4.69, 9.17) is 4.74 Å². The van der Waals surface area contributed by atoms with Crippen LogP contribution in [0.4, 0.5) is 4.79 Å². The number of hydrogen-bond donors (Lipinski definition) is 2. The summed E-state index contributed by atoms with van der Waals surface area (Å²) in [5.74, 6) is 0. The zero-order chi connectivity index (χ0) is 10.9. The van der Waals surface area contributed by atoms with Crippen molar-refractivity contribution >= 4 is 6.09 Å². The van der Waals surface area contributed by atoms with Crippen LogP contribution in [0.15, 0.2) is 0 Å². The minimum Gasteiger partial charge on any atom is -0.446 e. The molecule has 15 heavy (non-hydrogen) atoms. The Morgan fingerprint density at radius 3 is 2.80 bits per heavy atom. The van der Waals surface area contributed by atoms with Gasteiger partial charge in [-0.05, 0) is 6.42 Å². The second-order valence-electron chi connectivity index (χ2n) is 3.72. The van der Waals surface area contributed by atoms with Gasteiger partial charge in [0.1, 0.15) is 6.61 Å². The van der Waals surface area contributed by atoms with Crippen molar-refractivity contribution in [3.8, 4) is 0 Å². The standard InChI is InChI=1S/C10H21N3O2/c1-2-3-4-5-6-7-11-12-13-8-9-15-10(13)14/h11-12H,2-9H2,1H3. The largest absolute Gasteiger partial charge is 0.446 e. The molecular formula is C10H21N3O2. The van der Waals surface area contributed by atoms with Gasteiger partial charge in [0.2, 0.25) is 0 Å². The molecule has 88 valence electrons. The highest BCUT2D eigenvalue weighted by Gasteiger charge is 2.20. The third kappa shape index (κ3) is 4.99. The Labute approximate surface area is 91.1 Å². The molecule has 0 radical (unpaired) electrons. The second-order valence-corrected chi connectivity index (χ2v) is 3.72. The smallest absolute Gasteiger partial charge is 0.425 e. The number of carbonyl (C=O) groups excluding carboxylic acids is 1. The molecule has 2 N–H and O–H groups in total. The molecule has 0 bridgehead atoms. The number of hydrogen-bond acceptors (Lipinski definition) is 4. The highest BCUT2D eigenvalue weighted by molar-refractivity contribution is 5.68. The van der Waals surface area contributed by atoms with Crippen molar-refractivity contribution in [2.75, 3.05) is 19.7 Å². The fraction of sp³-hybridized carbons (Fsp3) is 0.900. The van der Waals surface area contributed by atoms with Gasteiger partial charge in [-0.3, -0.25) is 0 Å². The molecule has 0 atom stereocenters. The summed E-state index contributed by atoms with van der Waals surface area (Å²) in [6.45, 7) is 4.18. The lowest BCUT2D eigenvalue weighted by Gasteiger charge is -2.14. The van der Waals surface area contributed by atoms with Crippen LogP contribution in [0.2, 0.25) is 0 Å². The molecular weight excluding hydrogens is 194 g/mol. The van der Waals surface area contributed by atoms with Gasteiger partial charge in [0.05, 0.1) is 6.54 Å². The third-order valence-corrected chi connectivity index (χ3v) is 2.38. The van der Waals surface area contributed by atoms with Crippen LogP contribution in [0.5, 0.6) is 0 Å². The topological polar surface area (TPSA) is 53.6 Å². The first-order valence-electron chi connectivity index (χ1n) is 5.77. The van der Waals surface area contributed by atoms with E-state index in [1.54, 1.807) is 0 Å². The number of amides is 1. The van der Waals surface area contributed by atoms with Gasteiger partial charge < -0.3 is 4.74 Å². The maximum Gasteiger partial charge on any atom is 0.425 e. The lowest BCUT2D eigenvalue weighted by atomic mass is 10.2. The molecule has 0 spiro atoms. The number of carbonyl (C=O) groups is 1. The Balaban J connectivity index is 1.86. The van der Waals surface area contributed by atoms with Crippen LogP contribution in [0.3, 0.4) is 0 Å². The summed E-state index contributed by atoms with van der Waals surface area (Å²) in [5.41, 5.74) is 5.84. The maximum atomic E-state index is 11.0. The zero-order valence-corrected chi connectivity index (χ0v) is 9.42. The van der Waals surface area contributed by atoms with E-state index in [1.807, 2.05) is 0 Å². The van der Waals surface area contributed by atoms with E-state index in [1.165, 1.54) is 30.7 Å². The number of cyclic esters (lactones) is 1. The fourth-order valence-corrected chi connectivity index (χ4v) is 1.46. The first-order valence-corrected chi connectivity index (χ1v) is 5.77. The summed E-state index contributed by atoms with van der Waals surface area (Å²) in [4.78, 5) is 11.0. The minimum atomic E-state index is -0.298. The van der Waals surface area contributed by atoms with Gasteiger partial charge in [-0.1, -0.05) is 32.6 Å². The summed E-state index contributed by atoms with van der Waals surface area (Å²) >= 11 is 0. The molecule has 0 aliphatic carbocycles. The maximum absolute atomic E-state index is 11.0. The van der Waals surface area contributed by atoms with Crippen molar-refractivity contribution in [1.29, 1.82) is 0 Å². The van der Waals surface area contributed by atoms with Crippen LogP contribution in [0.25, 0.3) is 0 Å². The third-order valence-electron chi connectivity index (χ3n) is 2.38. The molecule has 1 rings (SSSR count). The summed E-state index contributed by atoms with van der Waals surface area (Å²) in [7, 11) is 0. The lowest BCUT2D eigenvalue weighted by molar-refractivity contribution is 0.137. The molecule has 1 amide bonds. The predicted octanol–water partition coefficient (Wildman–Crippen LogP) is 1.42. The van der Waals surface area contributed by atoms with E-state index in [9.17, 15) is 4.79 Å². The molecule has 0 aromatic carbocycles. The van der Waals surface area contributed by atoms with Crippen molar-refractivity contribution in [2.45, 2.75) is 39.0 Å². The number of nitrogens with one attached hydrogen (secondary N) is 2. The van der Waals surface area contributed by atoms with Gasteiger partial charge in [-0.15, -0.1) is 0 Å². The normalized spacial score (nSPS) is 15.8. The van der Waals surface area contributed by atoms with Gasteiger partial charge in [0, 0.05) is 6.54 Å². The Morgan fingerprint density at radius 2 is 2.13 bits per heavy atom.